The molecule has 1 atom stereocenters. The largest absolute Gasteiger partial charge is 0.390 e. The van der Waals surface area contributed by atoms with E-state index in [9.17, 15) is 5.11 Å². The highest BCUT2D eigenvalue weighted by atomic mass is 32.1. The fraction of sp³-hybridized carbons (Fsp3) is 0.615. The molecule has 1 fully saturated rings. The molecule has 3 heterocycles. The lowest BCUT2D eigenvalue weighted by Gasteiger charge is -2.33. The van der Waals surface area contributed by atoms with Crippen LogP contribution in [0.2, 0.25) is 0 Å². The van der Waals surface area contributed by atoms with Crippen LogP contribution in [0.1, 0.15) is 31.9 Å². The van der Waals surface area contributed by atoms with E-state index in [0.717, 1.165) is 35.5 Å². The Bertz CT molecular complexity index is 533. The van der Waals surface area contributed by atoms with Crippen LogP contribution in [0.15, 0.2) is 11.6 Å². The van der Waals surface area contributed by atoms with Crippen molar-refractivity contribution in [2.45, 2.75) is 32.8 Å². The minimum absolute atomic E-state index is 0.0561. The lowest BCUT2D eigenvalue weighted by Crippen LogP contribution is -2.36. The maximum Gasteiger partial charge on any atom is 0.195 e. The number of hydrogen-bond acceptors (Lipinski definition) is 4. The minimum Gasteiger partial charge on any atom is -0.390 e. The van der Waals surface area contributed by atoms with Crippen LogP contribution in [0.4, 0.5) is 5.82 Å². The molecule has 98 valence electrons. The van der Waals surface area contributed by atoms with Gasteiger partial charge < -0.3 is 10.0 Å². The number of rotatable bonds is 3. The van der Waals surface area contributed by atoms with Gasteiger partial charge in [-0.3, -0.25) is 4.40 Å². The second kappa shape index (κ2) is 4.90. The molecule has 0 radical (unpaired) electrons. The molecule has 1 unspecified atom stereocenters. The average molecular weight is 265 g/mol. The zero-order chi connectivity index (χ0) is 12.5. The molecule has 3 rings (SSSR count). The van der Waals surface area contributed by atoms with Crippen LogP contribution in [-0.4, -0.2) is 27.6 Å². The van der Waals surface area contributed by atoms with Crippen LogP contribution in [-0.2, 0) is 6.61 Å². The van der Waals surface area contributed by atoms with Gasteiger partial charge in [-0.15, -0.1) is 11.3 Å². The number of hydrogen-bond donors (Lipinski definition) is 1. The Morgan fingerprint density at radius 1 is 1.56 bits per heavy atom. The molecule has 0 aliphatic carbocycles. The van der Waals surface area contributed by atoms with E-state index >= 15 is 0 Å². The second-order valence-electron chi connectivity index (χ2n) is 4.96. The average Bonchev–Trinajstić information content (AvgIpc) is 2.98. The van der Waals surface area contributed by atoms with Crippen LogP contribution in [0.3, 0.4) is 0 Å². The van der Waals surface area contributed by atoms with E-state index in [-0.39, 0.29) is 6.61 Å². The first-order valence-corrected chi connectivity index (χ1v) is 7.51. The molecule has 1 aliphatic rings. The van der Waals surface area contributed by atoms with Crippen molar-refractivity contribution in [3.05, 3.63) is 17.3 Å². The number of thiazole rings is 1. The standard InChI is InChI=1S/C13H19N3OS/c1-2-10-4-3-5-15(8-10)12-11(9-17)16-6-7-18-13(16)14-12/h6-7,10,17H,2-5,8-9H2,1H3. The van der Waals surface area contributed by atoms with Gasteiger partial charge in [0.2, 0.25) is 0 Å². The zero-order valence-corrected chi connectivity index (χ0v) is 11.5. The minimum atomic E-state index is 0.0561. The number of aromatic nitrogens is 2. The highest BCUT2D eigenvalue weighted by Gasteiger charge is 2.24. The molecule has 18 heavy (non-hydrogen) atoms. The number of imidazole rings is 1. The fourth-order valence-electron chi connectivity index (χ4n) is 2.81. The van der Waals surface area contributed by atoms with E-state index in [2.05, 4.69) is 16.8 Å². The second-order valence-corrected chi connectivity index (χ2v) is 5.83. The normalized spacial score (nSPS) is 20.8. The Morgan fingerprint density at radius 3 is 3.22 bits per heavy atom. The third-order valence-electron chi connectivity index (χ3n) is 3.89. The predicted octanol–water partition coefficient (Wildman–Crippen LogP) is 2.51. The van der Waals surface area contributed by atoms with Crippen molar-refractivity contribution in [1.29, 1.82) is 0 Å². The lowest BCUT2D eigenvalue weighted by atomic mass is 9.95. The van der Waals surface area contributed by atoms with E-state index in [1.54, 1.807) is 11.3 Å². The summed E-state index contributed by atoms with van der Waals surface area (Å²) >= 11 is 1.62. The predicted molar refractivity (Wildman–Crippen MR) is 74.2 cm³/mol. The van der Waals surface area contributed by atoms with Crippen molar-refractivity contribution in [3.63, 3.8) is 0 Å². The van der Waals surface area contributed by atoms with Gasteiger partial charge in [0.15, 0.2) is 10.8 Å². The van der Waals surface area contributed by atoms with Gasteiger partial charge in [0, 0.05) is 24.7 Å². The molecule has 0 amide bonds. The molecular weight excluding hydrogens is 246 g/mol. The summed E-state index contributed by atoms with van der Waals surface area (Å²) in [5, 5.41) is 11.6. The number of nitrogens with zero attached hydrogens (tertiary/aromatic N) is 3. The van der Waals surface area contributed by atoms with Crippen molar-refractivity contribution in [3.8, 4) is 0 Å². The molecular formula is C13H19N3OS. The molecule has 1 aliphatic heterocycles. The summed E-state index contributed by atoms with van der Waals surface area (Å²) in [7, 11) is 0. The van der Waals surface area contributed by atoms with E-state index in [0.29, 0.717) is 0 Å². The van der Waals surface area contributed by atoms with Crippen LogP contribution < -0.4 is 4.90 Å². The van der Waals surface area contributed by atoms with E-state index in [1.807, 2.05) is 16.0 Å². The summed E-state index contributed by atoms with van der Waals surface area (Å²) < 4.78 is 2.01. The molecule has 2 aromatic rings. The SMILES string of the molecule is CCC1CCCN(c2nc3sccn3c2CO)C1. The molecule has 2 aromatic heterocycles. The quantitative estimate of drug-likeness (QED) is 0.927. The van der Waals surface area contributed by atoms with Gasteiger partial charge in [-0.25, -0.2) is 4.98 Å². The van der Waals surface area contributed by atoms with E-state index in [4.69, 9.17) is 0 Å². The van der Waals surface area contributed by atoms with Gasteiger partial charge in [0.05, 0.1) is 12.3 Å². The van der Waals surface area contributed by atoms with Gasteiger partial charge in [-0.1, -0.05) is 13.3 Å². The molecule has 0 aromatic carbocycles. The summed E-state index contributed by atoms with van der Waals surface area (Å²) in [5.41, 5.74) is 0.933. The van der Waals surface area contributed by atoms with Gasteiger partial charge >= 0.3 is 0 Å². The third-order valence-corrected chi connectivity index (χ3v) is 4.64. The summed E-state index contributed by atoms with van der Waals surface area (Å²) in [4.78, 5) is 8.01. The number of piperidine rings is 1. The number of aliphatic hydroxyl groups is 1. The van der Waals surface area contributed by atoms with Crippen LogP contribution in [0.5, 0.6) is 0 Å². The van der Waals surface area contributed by atoms with Crippen molar-refractivity contribution >= 4 is 22.1 Å². The van der Waals surface area contributed by atoms with Crippen LogP contribution in [0, 0.1) is 5.92 Å². The number of aliphatic hydroxyl groups excluding tert-OH is 1. The number of fused-ring (bicyclic) bond motifs is 1. The Hall–Kier alpha value is -1.07. The summed E-state index contributed by atoms with van der Waals surface area (Å²) in [6.07, 6.45) is 5.77. The van der Waals surface area contributed by atoms with Gasteiger partial charge in [-0.05, 0) is 18.8 Å². The molecule has 5 heteroatoms. The van der Waals surface area contributed by atoms with E-state index < -0.39 is 0 Å². The van der Waals surface area contributed by atoms with Crippen molar-refractivity contribution in [2.75, 3.05) is 18.0 Å². The topological polar surface area (TPSA) is 40.8 Å². The van der Waals surface area contributed by atoms with Gasteiger partial charge in [0.25, 0.3) is 0 Å². The van der Waals surface area contributed by atoms with Crippen molar-refractivity contribution < 1.29 is 5.11 Å². The lowest BCUT2D eigenvalue weighted by molar-refractivity contribution is 0.275. The summed E-state index contributed by atoms with van der Waals surface area (Å²) in [5.74, 6) is 1.76. The summed E-state index contributed by atoms with van der Waals surface area (Å²) in [6.45, 7) is 4.45. The molecule has 4 nitrogen and oxygen atoms in total. The van der Waals surface area contributed by atoms with Gasteiger partial charge in [-0.2, -0.15) is 0 Å². The first-order valence-electron chi connectivity index (χ1n) is 6.63. The van der Waals surface area contributed by atoms with Gasteiger partial charge in [0.1, 0.15) is 0 Å². The molecule has 0 bridgehead atoms. The van der Waals surface area contributed by atoms with Crippen LogP contribution in [0.25, 0.3) is 4.96 Å². The first kappa shape index (κ1) is 12.0. The molecule has 1 N–H and O–H groups in total. The highest BCUT2D eigenvalue weighted by Crippen LogP contribution is 2.29. The zero-order valence-electron chi connectivity index (χ0n) is 10.7. The Morgan fingerprint density at radius 2 is 2.44 bits per heavy atom. The Labute approximate surface area is 111 Å². The third kappa shape index (κ3) is 1.91. The maximum absolute atomic E-state index is 9.59. The van der Waals surface area contributed by atoms with Crippen LogP contribution >= 0.6 is 11.3 Å². The smallest absolute Gasteiger partial charge is 0.195 e. The summed E-state index contributed by atoms with van der Waals surface area (Å²) in [6, 6.07) is 0. The van der Waals surface area contributed by atoms with Crippen molar-refractivity contribution in [1.82, 2.24) is 9.38 Å². The number of anilines is 1. The maximum atomic E-state index is 9.59. The molecule has 0 spiro atoms. The van der Waals surface area contributed by atoms with E-state index in [1.165, 1.54) is 19.3 Å². The fourth-order valence-corrected chi connectivity index (χ4v) is 3.54. The Balaban J connectivity index is 1.95. The first-order chi connectivity index (χ1) is 8.83. The molecule has 1 saturated heterocycles. The Kier molecular flexibility index (Phi) is 3.26. The van der Waals surface area contributed by atoms with Crippen molar-refractivity contribution in [2.24, 2.45) is 5.92 Å². The molecule has 0 saturated carbocycles. The highest BCUT2D eigenvalue weighted by molar-refractivity contribution is 7.15. The monoisotopic (exact) mass is 265 g/mol.